The van der Waals surface area contributed by atoms with Crippen molar-refractivity contribution in [2.75, 3.05) is 19.8 Å². The molecule has 0 radical (unpaired) electrons. The van der Waals surface area contributed by atoms with Gasteiger partial charge in [0.05, 0.1) is 25.3 Å². The fourth-order valence-corrected chi connectivity index (χ4v) is 2.46. The molecular weight excluding hydrogens is 248 g/mol. The second-order valence-corrected chi connectivity index (χ2v) is 5.41. The van der Waals surface area contributed by atoms with E-state index in [0.29, 0.717) is 18.9 Å². The zero-order valence-electron chi connectivity index (χ0n) is 11.8. The van der Waals surface area contributed by atoms with Gasteiger partial charge in [-0.25, -0.2) is 0 Å². The Labute approximate surface area is 113 Å². The summed E-state index contributed by atoms with van der Waals surface area (Å²) in [5.74, 6) is -1.44. The zero-order chi connectivity index (χ0) is 14.6. The molecule has 1 amide bonds. The Morgan fingerprint density at radius 2 is 2.05 bits per heavy atom. The molecule has 110 valence electrons. The molecule has 19 heavy (non-hydrogen) atoms. The molecule has 0 saturated carbocycles. The highest BCUT2D eigenvalue weighted by Gasteiger charge is 2.40. The van der Waals surface area contributed by atoms with E-state index in [0.717, 1.165) is 0 Å². The first-order valence-electron chi connectivity index (χ1n) is 6.75. The average molecular weight is 272 g/mol. The van der Waals surface area contributed by atoms with Gasteiger partial charge < -0.3 is 20.5 Å². The van der Waals surface area contributed by atoms with Crippen LogP contribution >= 0.6 is 0 Å². The number of likely N-dealkylation sites (N-methyl/N-ethyl adjacent to an activating group) is 1. The monoisotopic (exact) mass is 272 g/mol. The van der Waals surface area contributed by atoms with Gasteiger partial charge in [0.15, 0.2) is 0 Å². The lowest BCUT2D eigenvalue weighted by atomic mass is 9.99. The number of nitrogens with zero attached hydrogens (tertiary/aromatic N) is 1. The van der Waals surface area contributed by atoms with Gasteiger partial charge in [-0.15, -0.1) is 0 Å². The number of carboxylic acids is 1. The van der Waals surface area contributed by atoms with Crippen molar-refractivity contribution in [3.63, 3.8) is 0 Å². The normalized spacial score (nSPS) is 24.5. The average Bonchev–Trinajstić information content (AvgIpc) is 2.78. The Morgan fingerprint density at radius 3 is 2.53 bits per heavy atom. The van der Waals surface area contributed by atoms with Crippen molar-refractivity contribution in [2.45, 2.75) is 39.3 Å². The van der Waals surface area contributed by atoms with Crippen LogP contribution in [0.25, 0.3) is 0 Å². The van der Waals surface area contributed by atoms with E-state index in [-0.39, 0.29) is 19.1 Å². The van der Waals surface area contributed by atoms with Crippen molar-refractivity contribution < 1.29 is 19.4 Å². The van der Waals surface area contributed by atoms with Crippen LogP contribution in [0.15, 0.2) is 0 Å². The summed E-state index contributed by atoms with van der Waals surface area (Å²) in [5.41, 5.74) is 5.90. The number of rotatable bonds is 6. The first-order chi connectivity index (χ1) is 8.88. The van der Waals surface area contributed by atoms with Crippen LogP contribution in [0.5, 0.6) is 0 Å². The summed E-state index contributed by atoms with van der Waals surface area (Å²) in [6, 6.07) is -0.983. The van der Waals surface area contributed by atoms with Crippen molar-refractivity contribution in [2.24, 2.45) is 17.6 Å². The molecule has 0 bridgehead atoms. The molecule has 1 aliphatic heterocycles. The number of hydrogen-bond acceptors (Lipinski definition) is 4. The van der Waals surface area contributed by atoms with E-state index in [2.05, 4.69) is 0 Å². The largest absolute Gasteiger partial charge is 0.481 e. The Balaban J connectivity index is 2.76. The van der Waals surface area contributed by atoms with Gasteiger partial charge in [0.1, 0.15) is 5.92 Å². The highest BCUT2D eigenvalue weighted by atomic mass is 16.5. The molecule has 0 spiro atoms. The molecule has 1 fully saturated rings. The van der Waals surface area contributed by atoms with Gasteiger partial charge in [-0.3, -0.25) is 9.59 Å². The second-order valence-electron chi connectivity index (χ2n) is 5.41. The Hall–Kier alpha value is -1.14. The van der Waals surface area contributed by atoms with Crippen LogP contribution < -0.4 is 5.73 Å². The summed E-state index contributed by atoms with van der Waals surface area (Å²) in [7, 11) is 0. The minimum atomic E-state index is -0.925. The number of amides is 1. The maximum Gasteiger partial charge on any atom is 0.311 e. The van der Waals surface area contributed by atoms with Gasteiger partial charge in [0.2, 0.25) is 5.91 Å². The third-order valence-electron chi connectivity index (χ3n) is 3.43. The van der Waals surface area contributed by atoms with Gasteiger partial charge in [-0.05, 0) is 19.3 Å². The van der Waals surface area contributed by atoms with Crippen LogP contribution in [0, 0.1) is 11.8 Å². The van der Waals surface area contributed by atoms with Crippen LogP contribution in [-0.2, 0) is 14.3 Å². The maximum absolute atomic E-state index is 12.3. The van der Waals surface area contributed by atoms with Crippen LogP contribution in [-0.4, -0.2) is 53.7 Å². The lowest BCUT2D eigenvalue weighted by molar-refractivity contribution is -0.145. The van der Waals surface area contributed by atoms with Gasteiger partial charge in [0.25, 0.3) is 0 Å². The van der Waals surface area contributed by atoms with E-state index in [1.165, 1.54) is 0 Å². The number of carboxylic acid groups (broad SMARTS) is 1. The summed E-state index contributed by atoms with van der Waals surface area (Å²) in [4.78, 5) is 25.0. The van der Waals surface area contributed by atoms with Crippen molar-refractivity contribution in [3.05, 3.63) is 0 Å². The number of ether oxygens (including phenoxy) is 1. The van der Waals surface area contributed by atoms with E-state index >= 15 is 0 Å². The zero-order valence-corrected chi connectivity index (χ0v) is 11.8. The molecule has 3 N–H and O–H groups in total. The predicted molar refractivity (Wildman–Crippen MR) is 70.6 cm³/mol. The SMILES string of the molecule is CCN(C(=O)C(N)CC(C)C)C1COCC1C(=O)O. The molecule has 6 heteroatoms. The van der Waals surface area contributed by atoms with E-state index in [1.807, 2.05) is 20.8 Å². The molecular formula is C13H24N2O4. The van der Waals surface area contributed by atoms with Crippen LogP contribution in [0.1, 0.15) is 27.2 Å². The first kappa shape index (κ1) is 15.9. The molecule has 1 saturated heterocycles. The van der Waals surface area contributed by atoms with E-state index < -0.39 is 24.0 Å². The van der Waals surface area contributed by atoms with Gasteiger partial charge in [-0.2, -0.15) is 0 Å². The van der Waals surface area contributed by atoms with Crippen LogP contribution in [0.3, 0.4) is 0 Å². The quantitative estimate of drug-likeness (QED) is 0.726. The molecule has 1 rings (SSSR count). The first-order valence-corrected chi connectivity index (χ1v) is 6.75. The van der Waals surface area contributed by atoms with Crippen molar-refractivity contribution in [1.82, 2.24) is 4.90 Å². The Morgan fingerprint density at radius 1 is 1.42 bits per heavy atom. The van der Waals surface area contributed by atoms with E-state index in [9.17, 15) is 9.59 Å². The van der Waals surface area contributed by atoms with Gasteiger partial charge in [-0.1, -0.05) is 13.8 Å². The minimum absolute atomic E-state index is 0.156. The number of hydrogen-bond donors (Lipinski definition) is 2. The molecule has 6 nitrogen and oxygen atoms in total. The summed E-state index contributed by atoms with van der Waals surface area (Å²) in [6.45, 7) is 6.71. The third kappa shape index (κ3) is 3.91. The number of aliphatic carboxylic acids is 1. The number of nitrogens with two attached hydrogens (primary N) is 1. The summed E-state index contributed by atoms with van der Waals surface area (Å²) >= 11 is 0. The van der Waals surface area contributed by atoms with Crippen LogP contribution in [0.4, 0.5) is 0 Å². The number of carbonyl (C=O) groups is 2. The lowest BCUT2D eigenvalue weighted by Crippen LogP contribution is -2.52. The van der Waals surface area contributed by atoms with Crippen molar-refractivity contribution in [1.29, 1.82) is 0 Å². The second kappa shape index (κ2) is 6.86. The molecule has 0 aromatic carbocycles. The molecule has 1 heterocycles. The third-order valence-corrected chi connectivity index (χ3v) is 3.43. The minimum Gasteiger partial charge on any atom is -0.481 e. The fourth-order valence-electron chi connectivity index (χ4n) is 2.46. The topological polar surface area (TPSA) is 92.9 Å². The molecule has 1 aliphatic rings. The molecule has 0 aromatic rings. The van der Waals surface area contributed by atoms with E-state index in [1.54, 1.807) is 4.90 Å². The highest BCUT2D eigenvalue weighted by molar-refractivity contribution is 5.83. The predicted octanol–water partition coefficient (Wildman–Crippen LogP) is 0.308. The number of carbonyl (C=O) groups excluding carboxylic acids is 1. The Bertz CT molecular complexity index is 333. The molecule has 0 aromatic heterocycles. The molecule has 3 unspecified atom stereocenters. The van der Waals surface area contributed by atoms with E-state index in [4.69, 9.17) is 15.6 Å². The highest BCUT2D eigenvalue weighted by Crippen LogP contribution is 2.21. The maximum atomic E-state index is 12.3. The smallest absolute Gasteiger partial charge is 0.311 e. The Kier molecular flexibility index (Phi) is 5.75. The van der Waals surface area contributed by atoms with Gasteiger partial charge in [0, 0.05) is 6.54 Å². The summed E-state index contributed by atoms with van der Waals surface area (Å²) < 4.78 is 5.21. The van der Waals surface area contributed by atoms with Gasteiger partial charge >= 0.3 is 5.97 Å². The van der Waals surface area contributed by atoms with Crippen molar-refractivity contribution in [3.8, 4) is 0 Å². The fraction of sp³-hybridized carbons (Fsp3) is 0.846. The van der Waals surface area contributed by atoms with Crippen LogP contribution in [0.2, 0.25) is 0 Å². The summed E-state index contributed by atoms with van der Waals surface area (Å²) in [5, 5.41) is 9.14. The lowest BCUT2D eigenvalue weighted by Gasteiger charge is -2.31. The molecule has 0 aliphatic carbocycles. The summed E-state index contributed by atoms with van der Waals surface area (Å²) in [6.07, 6.45) is 0.598. The van der Waals surface area contributed by atoms with Crippen molar-refractivity contribution >= 4 is 11.9 Å². The molecule has 3 atom stereocenters. The standard InChI is InChI=1S/C13H24N2O4/c1-4-15(12(16)10(14)5-8(2)3)11-7-19-6-9(11)13(17)18/h8-11H,4-7,14H2,1-3H3,(H,17,18).